The van der Waals surface area contributed by atoms with Gasteiger partial charge in [0.1, 0.15) is 5.52 Å². The van der Waals surface area contributed by atoms with E-state index in [1.807, 2.05) is 35.2 Å². The number of nitrogens with zero attached hydrogens (tertiary/aromatic N) is 7. The Kier molecular flexibility index (Phi) is 7.56. The standard InChI is InChI=1S/C31H37N9O/c1-4-28(41)39-19-16-26(21-39)40-29-27(35-31(40)34-22-8-6-5-7-9-22)20-32-30(36-29)33-23-10-12-25(13-11-23)38-17-14-24(15-18-38)37(2)3/h4-13,20,24,26H,1,14-19,21H2,2-3H3,(H,34,35)(H,32,33,36). The smallest absolute Gasteiger partial charge is 0.246 e. The van der Waals surface area contributed by atoms with Crippen molar-refractivity contribution in [3.63, 3.8) is 0 Å². The lowest BCUT2D eigenvalue weighted by molar-refractivity contribution is -0.125. The second-order valence-electron chi connectivity index (χ2n) is 11.0. The molecule has 2 N–H and O–H groups in total. The molecule has 4 aromatic rings. The summed E-state index contributed by atoms with van der Waals surface area (Å²) in [6.45, 7) is 7.01. The Morgan fingerprint density at radius 2 is 1.68 bits per heavy atom. The van der Waals surface area contributed by atoms with E-state index >= 15 is 0 Å². The van der Waals surface area contributed by atoms with Crippen LogP contribution in [0.3, 0.4) is 0 Å². The fraction of sp³-hybridized carbons (Fsp3) is 0.355. The molecule has 0 saturated carbocycles. The Morgan fingerprint density at radius 1 is 0.951 bits per heavy atom. The molecule has 6 rings (SSSR count). The van der Waals surface area contributed by atoms with Crippen LogP contribution >= 0.6 is 0 Å². The zero-order chi connectivity index (χ0) is 28.3. The third-order valence-electron chi connectivity index (χ3n) is 8.16. The minimum atomic E-state index is -0.0583. The number of imidazole rings is 1. The summed E-state index contributed by atoms with van der Waals surface area (Å²) in [6, 6.07) is 19.1. The quantitative estimate of drug-likeness (QED) is 0.302. The molecule has 1 atom stereocenters. The summed E-state index contributed by atoms with van der Waals surface area (Å²) in [6.07, 6.45) is 6.28. The minimum Gasteiger partial charge on any atom is -0.371 e. The van der Waals surface area contributed by atoms with Crippen LogP contribution in [0.25, 0.3) is 11.2 Å². The summed E-state index contributed by atoms with van der Waals surface area (Å²) in [5.41, 5.74) is 4.50. The number of rotatable bonds is 8. The summed E-state index contributed by atoms with van der Waals surface area (Å²) >= 11 is 0. The number of benzene rings is 2. The van der Waals surface area contributed by atoms with Crippen molar-refractivity contribution >= 4 is 46.0 Å². The van der Waals surface area contributed by atoms with Crippen molar-refractivity contribution in [1.29, 1.82) is 0 Å². The minimum absolute atomic E-state index is 0.0220. The molecule has 1 amide bonds. The molecule has 10 heteroatoms. The largest absolute Gasteiger partial charge is 0.371 e. The molecule has 10 nitrogen and oxygen atoms in total. The zero-order valence-corrected chi connectivity index (χ0v) is 23.7. The molecule has 212 valence electrons. The van der Waals surface area contributed by atoms with Crippen LogP contribution < -0.4 is 15.5 Å². The molecule has 0 aliphatic carbocycles. The lowest BCUT2D eigenvalue weighted by atomic mass is 10.0. The third kappa shape index (κ3) is 5.74. The normalized spacial score (nSPS) is 17.8. The molecule has 0 bridgehead atoms. The maximum absolute atomic E-state index is 12.3. The fourth-order valence-corrected chi connectivity index (χ4v) is 5.84. The molecule has 2 fully saturated rings. The van der Waals surface area contributed by atoms with Crippen LogP contribution in [0.15, 0.2) is 73.4 Å². The Bertz CT molecular complexity index is 1510. The monoisotopic (exact) mass is 551 g/mol. The van der Waals surface area contributed by atoms with Crippen LogP contribution in [0.2, 0.25) is 0 Å². The van der Waals surface area contributed by atoms with Gasteiger partial charge in [-0.05, 0) is 75.8 Å². The number of hydrogen-bond donors (Lipinski definition) is 2. The van der Waals surface area contributed by atoms with Crippen LogP contribution in [0.5, 0.6) is 0 Å². The molecule has 41 heavy (non-hydrogen) atoms. The second-order valence-corrected chi connectivity index (χ2v) is 11.0. The molecule has 2 aliphatic heterocycles. The number of nitrogens with one attached hydrogen (secondary N) is 2. The van der Waals surface area contributed by atoms with Gasteiger partial charge >= 0.3 is 0 Å². The molecule has 2 aromatic carbocycles. The average Bonchev–Trinajstić information content (AvgIpc) is 3.62. The van der Waals surface area contributed by atoms with Crippen molar-refractivity contribution in [2.45, 2.75) is 31.3 Å². The average molecular weight is 552 g/mol. The second kappa shape index (κ2) is 11.6. The van der Waals surface area contributed by atoms with Gasteiger partial charge in [-0.25, -0.2) is 9.97 Å². The number of fused-ring (bicyclic) bond motifs is 1. The highest BCUT2D eigenvalue weighted by atomic mass is 16.2. The highest BCUT2D eigenvalue weighted by molar-refractivity contribution is 5.87. The molecular weight excluding hydrogens is 514 g/mol. The Labute approximate surface area is 240 Å². The maximum atomic E-state index is 12.3. The first-order chi connectivity index (χ1) is 20.0. The predicted octanol–water partition coefficient (Wildman–Crippen LogP) is 4.80. The van der Waals surface area contributed by atoms with Gasteiger partial charge in [-0.2, -0.15) is 4.98 Å². The van der Waals surface area contributed by atoms with Gasteiger partial charge in [0.05, 0.1) is 12.2 Å². The number of piperidine rings is 1. The SMILES string of the molecule is C=CC(=O)N1CCC(n2c(Nc3ccccc3)nc3cnc(Nc4ccc(N5CCC(N(C)C)CC5)cc4)nc32)C1. The van der Waals surface area contributed by atoms with Gasteiger partial charge in [0.15, 0.2) is 5.65 Å². The van der Waals surface area contributed by atoms with Crippen LogP contribution in [0, 0.1) is 0 Å². The van der Waals surface area contributed by atoms with Crippen molar-refractivity contribution in [3.8, 4) is 0 Å². The van der Waals surface area contributed by atoms with Crippen LogP contribution in [-0.2, 0) is 4.79 Å². The zero-order valence-electron chi connectivity index (χ0n) is 23.7. The molecule has 4 heterocycles. The van der Waals surface area contributed by atoms with Gasteiger partial charge < -0.3 is 25.3 Å². The number of aromatic nitrogens is 4. The first-order valence-electron chi connectivity index (χ1n) is 14.3. The highest BCUT2D eigenvalue weighted by Crippen LogP contribution is 2.32. The van der Waals surface area contributed by atoms with Crippen LogP contribution in [-0.4, -0.2) is 81.5 Å². The maximum Gasteiger partial charge on any atom is 0.246 e. The molecular formula is C31H37N9O. The summed E-state index contributed by atoms with van der Waals surface area (Å²) in [7, 11) is 4.33. The first-order valence-corrected chi connectivity index (χ1v) is 14.3. The Balaban J connectivity index is 1.24. The van der Waals surface area contributed by atoms with E-state index in [9.17, 15) is 4.79 Å². The van der Waals surface area contributed by atoms with Crippen LogP contribution in [0.4, 0.5) is 29.0 Å². The predicted molar refractivity (Wildman–Crippen MR) is 164 cm³/mol. The van der Waals surface area contributed by atoms with Crippen molar-refractivity contribution in [2.75, 3.05) is 55.8 Å². The van der Waals surface area contributed by atoms with E-state index in [1.165, 1.54) is 24.6 Å². The lowest BCUT2D eigenvalue weighted by Gasteiger charge is -2.36. The van der Waals surface area contributed by atoms with Crippen molar-refractivity contribution < 1.29 is 4.79 Å². The summed E-state index contributed by atoms with van der Waals surface area (Å²) in [5, 5.41) is 6.82. The number of hydrogen-bond acceptors (Lipinski definition) is 8. The van der Waals surface area contributed by atoms with E-state index in [0.717, 1.165) is 36.5 Å². The van der Waals surface area contributed by atoms with Gasteiger partial charge in [0.25, 0.3) is 0 Å². The van der Waals surface area contributed by atoms with E-state index < -0.39 is 0 Å². The van der Waals surface area contributed by atoms with Gasteiger partial charge in [-0.3, -0.25) is 9.36 Å². The first kappa shape index (κ1) is 26.8. The number of likely N-dealkylation sites (tertiary alicyclic amines) is 1. The van der Waals surface area contributed by atoms with Crippen LogP contribution in [0.1, 0.15) is 25.3 Å². The van der Waals surface area contributed by atoms with Gasteiger partial charge in [0.2, 0.25) is 17.8 Å². The van der Waals surface area contributed by atoms with Crippen molar-refractivity contribution in [2.24, 2.45) is 0 Å². The number of amides is 1. The molecule has 2 saturated heterocycles. The summed E-state index contributed by atoms with van der Waals surface area (Å²) in [4.78, 5) is 33.2. The summed E-state index contributed by atoms with van der Waals surface area (Å²) < 4.78 is 2.10. The van der Waals surface area contributed by atoms with E-state index in [1.54, 1.807) is 6.20 Å². The molecule has 0 spiro atoms. The third-order valence-corrected chi connectivity index (χ3v) is 8.16. The number of para-hydroxylation sites is 1. The number of carbonyl (C=O) groups excluding carboxylic acids is 1. The van der Waals surface area contributed by atoms with Crippen molar-refractivity contribution in [3.05, 3.63) is 73.4 Å². The van der Waals surface area contributed by atoms with E-state index in [0.29, 0.717) is 36.5 Å². The fourth-order valence-electron chi connectivity index (χ4n) is 5.84. The van der Waals surface area contributed by atoms with Crippen molar-refractivity contribution in [1.82, 2.24) is 29.3 Å². The molecule has 2 aromatic heterocycles. The topological polar surface area (TPSA) is 94.4 Å². The Morgan fingerprint density at radius 3 is 2.39 bits per heavy atom. The molecule has 1 unspecified atom stereocenters. The lowest BCUT2D eigenvalue weighted by Crippen LogP contribution is -2.41. The van der Waals surface area contributed by atoms with E-state index in [4.69, 9.17) is 9.97 Å². The van der Waals surface area contributed by atoms with Gasteiger partial charge in [-0.1, -0.05) is 24.8 Å². The molecule has 2 aliphatic rings. The van der Waals surface area contributed by atoms with Gasteiger partial charge in [-0.15, -0.1) is 0 Å². The van der Waals surface area contributed by atoms with E-state index in [-0.39, 0.29) is 11.9 Å². The Hall–Kier alpha value is -4.44. The summed E-state index contributed by atoms with van der Waals surface area (Å²) in [5.74, 6) is 1.12. The van der Waals surface area contributed by atoms with Gasteiger partial charge in [0, 0.05) is 49.3 Å². The number of carbonyl (C=O) groups is 1. The van der Waals surface area contributed by atoms with E-state index in [2.05, 4.69) is 74.9 Å². The highest BCUT2D eigenvalue weighted by Gasteiger charge is 2.30. The molecule has 0 radical (unpaired) electrons. The number of anilines is 5.